The Morgan fingerprint density at radius 3 is 2.35 bits per heavy atom. The van der Waals surface area contributed by atoms with Gasteiger partial charge in [0, 0.05) is 18.8 Å². The fourth-order valence-electron chi connectivity index (χ4n) is 1.33. The van der Waals surface area contributed by atoms with Crippen LogP contribution in [0.3, 0.4) is 0 Å². The van der Waals surface area contributed by atoms with Gasteiger partial charge in [-0.25, -0.2) is 25.9 Å². The summed E-state index contributed by atoms with van der Waals surface area (Å²) >= 11 is 0. The molecule has 1 unspecified atom stereocenters. The third kappa shape index (κ3) is 4.23. The molecule has 0 fully saturated rings. The van der Waals surface area contributed by atoms with Crippen LogP contribution in [0, 0.1) is 5.82 Å². The second kappa shape index (κ2) is 6.17. The monoisotopic (exact) mass is 324 g/mol. The van der Waals surface area contributed by atoms with Crippen LogP contribution < -0.4 is 10.0 Å². The van der Waals surface area contributed by atoms with Crippen molar-refractivity contribution in [3.05, 3.63) is 24.0 Å². The Bertz CT molecular complexity index is 686. The van der Waals surface area contributed by atoms with E-state index in [1.165, 1.54) is 0 Å². The Morgan fingerprint density at radius 2 is 1.85 bits per heavy atom. The number of hydrogen-bond acceptors (Lipinski definition) is 5. The van der Waals surface area contributed by atoms with Crippen LogP contribution in [0.4, 0.5) is 4.39 Å². The standard InChI is InChI=1S/C11H17FN2O4S2/c1-8(13-2)7-14-20(17,18)11-6-9(19(3,15)16)4-5-10(11)12/h4-6,8,13-14H,7H2,1-3H3. The molecule has 1 rings (SSSR count). The van der Waals surface area contributed by atoms with Crippen LogP contribution in [-0.4, -0.2) is 42.7 Å². The maximum atomic E-state index is 13.6. The summed E-state index contributed by atoms with van der Waals surface area (Å²) < 4.78 is 62.6. The molecule has 1 aromatic carbocycles. The molecule has 0 radical (unpaired) electrons. The number of rotatable bonds is 6. The molecular weight excluding hydrogens is 307 g/mol. The Balaban J connectivity index is 3.18. The predicted octanol–water partition coefficient (Wildman–Crippen LogP) is 0.115. The van der Waals surface area contributed by atoms with Gasteiger partial charge in [-0.3, -0.25) is 0 Å². The molecule has 0 spiro atoms. The Kier molecular flexibility index (Phi) is 5.25. The minimum absolute atomic E-state index is 0.0569. The Labute approximate surface area is 118 Å². The molecule has 1 aromatic rings. The molecule has 0 heterocycles. The number of benzene rings is 1. The van der Waals surface area contributed by atoms with Gasteiger partial charge in [0.25, 0.3) is 0 Å². The highest BCUT2D eigenvalue weighted by molar-refractivity contribution is 7.91. The predicted molar refractivity (Wildman–Crippen MR) is 73.2 cm³/mol. The van der Waals surface area contributed by atoms with Crippen molar-refractivity contribution in [3.63, 3.8) is 0 Å². The summed E-state index contributed by atoms with van der Waals surface area (Å²) in [4.78, 5) is -0.926. The molecule has 0 aliphatic rings. The van der Waals surface area contributed by atoms with E-state index in [4.69, 9.17) is 0 Å². The first-order valence-electron chi connectivity index (χ1n) is 5.74. The van der Waals surface area contributed by atoms with Crippen molar-refractivity contribution in [1.82, 2.24) is 10.0 Å². The minimum atomic E-state index is -4.11. The van der Waals surface area contributed by atoms with Gasteiger partial charge in [0.05, 0.1) is 4.90 Å². The van der Waals surface area contributed by atoms with Crippen LogP contribution in [0.15, 0.2) is 28.0 Å². The SMILES string of the molecule is CNC(C)CNS(=O)(=O)c1cc(S(C)(=O)=O)ccc1F. The molecule has 0 aliphatic carbocycles. The van der Waals surface area contributed by atoms with Crippen molar-refractivity contribution < 1.29 is 21.2 Å². The van der Waals surface area contributed by atoms with E-state index in [-0.39, 0.29) is 17.5 Å². The number of hydrogen-bond donors (Lipinski definition) is 2. The van der Waals surface area contributed by atoms with Gasteiger partial charge in [0.15, 0.2) is 9.84 Å². The molecule has 0 saturated carbocycles. The van der Waals surface area contributed by atoms with Crippen molar-refractivity contribution in [3.8, 4) is 0 Å². The number of likely N-dealkylation sites (N-methyl/N-ethyl adjacent to an activating group) is 1. The molecule has 0 aromatic heterocycles. The van der Waals surface area contributed by atoms with Crippen molar-refractivity contribution >= 4 is 19.9 Å². The maximum absolute atomic E-state index is 13.6. The first-order valence-corrected chi connectivity index (χ1v) is 9.12. The van der Waals surface area contributed by atoms with Crippen molar-refractivity contribution in [2.75, 3.05) is 19.8 Å². The lowest BCUT2D eigenvalue weighted by Gasteiger charge is -2.13. The van der Waals surface area contributed by atoms with E-state index in [1.54, 1.807) is 14.0 Å². The summed E-state index contributed by atoms with van der Waals surface area (Å²) in [5.41, 5.74) is 0. The van der Waals surface area contributed by atoms with Crippen LogP contribution in [0.2, 0.25) is 0 Å². The number of halogens is 1. The fraction of sp³-hybridized carbons (Fsp3) is 0.455. The molecule has 0 saturated heterocycles. The summed E-state index contributed by atoms with van der Waals surface area (Å²) in [5, 5.41) is 2.82. The van der Waals surface area contributed by atoms with Crippen LogP contribution in [0.1, 0.15) is 6.92 Å². The molecule has 0 amide bonds. The van der Waals surface area contributed by atoms with Gasteiger partial charge >= 0.3 is 0 Å². The fourth-order valence-corrected chi connectivity index (χ4v) is 3.29. The third-order valence-electron chi connectivity index (χ3n) is 2.69. The number of sulfonamides is 1. The normalized spacial score (nSPS) is 14.2. The van der Waals surface area contributed by atoms with E-state index in [2.05, 4.69) is 10.0 Å². The zero-order chi connectivity index (χ0) is 15.6. The smallest absolute Gasteiger partial charge is 0.243 e. The van der Waals surface area contributed by atoms with Crippen LogP contribution >= 0.6 is 0 Å². The van der Waals surface area contributed by atoms with Crippen molar-refractivity contribution in [2.24, 2.45) is 0 Å². The zero-order valence-electron chi connectivity index (χ0n) is 11.3. The molecule has 1 atom stereocenters. The van der Waals surface area contributed by atoms with Gasteiger partial charge in [-0.05, 0) is 32.2 Å². The lowest BCUT2D eigenvalue weighted by atomic mass is 10.3. The quantitative estimate of drug-likeness (QED) is 0.725. The van der Waals surface area contributed by atoms with Crippen LogP contribution in [-0.2, 0) is 19.9 Å². The van der Waals surface area contributed by atoms with E-state index in [0.29, 0.717) is 0 Å². The molecule has 0 bridgehead atoms. The van der Waals surface area contributed by atoms with E-state index < -0.39 is 30.6 Å². The summed E-state index contributed by atoms with van der Waals surface area (Å²) in [6, 6.07) is 2.52. The number of nitrogens with one attached hydrogen (secondary N) is 2. The highest BCUT2D eigenvalue weighted by atomic mass is 32.2. The molecule has 9 heteroatoms. The summed E-state index contributed by atoms with van der Waals surface area (Å²) in [7, 11) is -6.06. The minimum Gasteiger partial charge on any atom is -0.316 e. The van der Waals surface area contributed by atoms with Gasteiger partial charge in [-0.2, -0.15) is 0 Å². The highest BCUT2D eigenvalue weighted by Crippen LogP contribution is 2.19. The van der Waals surface area contributed by atoms with Gasteiger partial charge in [-0.15, -0.1) is 0 Å². The molecule has 114 valence electrons. The highest BCUT2D eigenvalue weighted by Gasteiger charge is 2.22. The molecular formula is C11H17FN2O4S2. The van der Waals surface area contributed by atoms with Gasteiger partial charge < -0.3 is 5.32 Å². The van der Waals surface area contributed by atoms with E-state index in [1.807, 2.05) is 0 Å². The largest absolute Gasteiger partial charge is 0.316 e. The van der Waals surface area contributed by atoms with E-state index >= 15 is 0 Å². The summed E-state index contributed by atoms with van der Waals surface area (Å²) in [6.07, 6.45) is 0.924. The summed E-state index contributed by atoms with van der Waals surface area (Å²) in [5.74, 6) is -0.998. The second-order valence-corrected chi connectivity index (χ2v) is 8.16. The lowest BCUT2D eigenvalue weighted by molar-refractivity contribution is 0.539. The Hall–Kier alpha value is -1.03. The first-order chi connectivity index (χ1) is 9.08. The summed E-state index contributed by atoms with van der Waals surface area (Å²) in [6.45, 7) is 1.80. The van der Waals surface area contributed by atoms with E-state index in [0.717, 1.165) is 24.5 Å². The zero-order valence-corrected chi connectivity index (χ0v) is 13.0. The van der Waals surface area contributed by atoms with Crippen LogP contribution in [0.25, 0.3) is 0 Å². The average Bonchev–Trinajstić information content (AvgIpc) is 2.34. The van der Waals surface area contributed by atoms with Crippen molar-refractivity contribution in [2.45, 2.75) is 22.8 Å². The molecule has 0 aliphatic heterocycles. The molecule has 6 nitrogen and oxygen atoms in total. The van der Waals surface area contributed by atoms with Gasteiger partial charge in [0.2, 0.25) is 10.0 Å². The van der Waals surface area contributed by atoms with Gasteiger partial charge in [0.1, 0.15) is 10.7 Å². The van der Waals surface area contributed by atoms with Gasteiger partial charge in [-0.1, -0.05) is 0 Å². The van der Waals surface area contributed by atoms with E-state index in [9.17, 15) is 21.2 Å². The Morgan fingerprint density at radius 1 is 1.25 bits per heavy atom. The first kappa shape index (κ1) is 17.0. The molecule has 20 heavy (non-hydrogen) atoms. The maximum Gasteiger partial charge on any atom is 0.243 e. The van der Waals surface area contributed by atoms with Crippen LogP contribution in [0.5, 0.6) is 0 Å². The second-order valence-electron chi connectivity index (χ2n) is 4.41. The third-order valence-corrected chi connectivity index (χ3v) is 5.24. The van der Waals surface area contributed by atoms with Crippen molar-refractivity contribution in [1.29, 1.82) is 0 Å². The molecule has 2 N–H and O–H groups in total. The topological polar surface area (TPSA) is 92.3 Å². The number of sulfone groups is 1. The lowest BCUT2D eigenvalue weighted by Crippen LogP contribution is -2.37. The average molecular weight is 324 g/mol.